The van der Waals surface area contributed by atoms with Gasteiger partial charge < -0.3 is 9.31 Å². The molecular formula is C43H35BO2S. The fraction of sp³-hybridized carbons (Fsp3) is 0.163. The van der Waals surface area contributed by atoms with Crippen molar-refractivity contribution in [2.24, 2.45) is 0 Å². The summed E-state index contributed by atoms with van der Waals surface area (Å²) in [5.74, 6) is 0. The molecule has 1 aliphatic carbocycles. The Morgan fingerprint density at radius 3 is 1.72 bits per heavy atom. The van der Waals surface area contributed by atoms with Crippen molar-refractivity contribution < 1.29 is 9.31 Å². The molecule has 0 atom stereocenters. The lowest BCUT2D eigenvalue weighted by Crippen LogP contribution is -2.41. The molecule has 0 unspecified atom stereocenters. The fourth-order valence-corrected chi connectivity index (χ4v) is 9.19. The molecule has 6 aromatic carbocycles. The molecule has 0 radical (unpaired) electrons. The first-order chi connectivity index (χ1) is 22.8. The maximum atomic E-state index is 6.54. The zero-order chi connectivity index (χ0) is 32.0. The topological polar surface area (TPSA) is 18.5 Å². The van der Waals surface area contributed by atoms with Gasteiger partial charge in [-0.15, -0.1) is 11.3 Å². The summed E-state index contributed by atoms with van der Waals surface area (Å²) in [6.45, 7) is 8.47. The van der Waals surface area contributed by atoms with Crippen molar-refractivity contribution in [2.45, 2.75) is 44.3 Å². The van der Waals surface area contributed by atoms with Crippen LogP contribution in [-0.4, -0.2) is 18.3 Å². The zero-order valence-electron chi connectivity index (χ0n) is 27.1. The van der Waals surface area contributed by atoms with Crippen LogP contribution in [0.25, 0.3) is 42.4 Å². The predicted molar refractivity (Wildman–Crippen MR) is 198 cm³/mol. The Morgan fingerprint density at radius 2 is 1.04 bits per heavy atom. The first-order valence-electron chi connectivity index (χ1n) is 16.5. The van der Waals surface area contributed by atoms with Crippen LogP contribution in [0.4, 0.5) is 0 Å². The molecule has 1 saturated heterocycles. The predicted octanol–water partition coefficient (Wildman–Crippen LogP) is 10.4. The van der Waals surface area contributed by atoms with Gasteiger partial charge in [0.1, 0.15) is 0 Å². The molecule has 4 heteroatoms. The van der Waals surface area contributed by atoms with E-state index < -0.39 is 23.7 Å². The fourth-order valence-electron chi connectivity index (χ4n) is 7.84. The Kier molecular flexibility index (Phi) is 6.27. The summed E-state index contributed by atoms with van der Waals surface area (Å²) < 4.78 is 15.6. The van der Waals surface area contributed by atoms with E-state index in [1.54, 1.807) is 0 Å². The van der Waals surface area contributed by atoms with E-state index in [2.05, 4.69) is 167 Å². The van der Waals surface area contributed by atoms with E-state index in [9.17, 15) is 0 Å². The van der Waals surface area contributed by atoms with Crippen LogP contribution < -0.4 is 5.46 Å². The van der Waals surface area contributed by atoms with Crippen LogP contribution in [0.2, 0.25) is 0 Å². The molecule has 47 heavy (non-hydrogen) atoms. The van der Waals surface area contributed by atoms with Crippen LogP contribution in [0, 0.1) is 0 Å². The Bertz CT molecular complexity index is 2260. The number of benzene rings is 6. The van der Waals surface area contributed by atoms with Crippen LogP contribution >= 0.6 is 11.3 Å². The van der Waals surface area contributed by atoms with Crippen LogP contribution in [0.15, 0.2) is 140 Å². The lowest BCUT2D eigenvalue weighted by Gasteiger charge is -2.34. The molecule has 228 valence electrons. The normalized spacial score (nSPS) is 17.2. The lowest BCUT2D eigenvalue weighted by molar-refractivity contribution is 0.00578. The standard InChI is InChI=1S/C43H35BO2S/c1-41(2)42(3,4)46-44(45-41)38-24-14-22-35-34-21-13-20-31(39(34)47-40(35)38)28-25-26-33-32-19-11-12-23-36(32)43(37(33)27-28,29-15-7-5-8-16-29)30-17-9-6-10-18-30/h5-27H,1-4H3. The van der Waals surface area contributed by atoms with E-state index in [0.717, 1.165) is 5.46 Å². The van der Waals surface area contributed by atoms with Gasteiger partial charge in [0.2, 0.25) is 0 Å². The van der Waals surface area contributed by atoms with Crippen LogP contribution in [0.3, 0.4) is 0 Å². The lowest BCUT2D eigenvalue weighted by atomic mass is 9.67. The van der Waals surface area contributed by atoms with E-state index in [1.807, 2.05) is 11.3 Å². The average molecular weight is 627 g/mol. The van der Waals surface area contributed by atoms with Gasteiger partial charge in [-0.25, -0.2) is 0 Å². The maximum Gasteiger partial charge on any atom is 0.496 e. The molecule has 1 aliphatic heterocycles. The summed E-state index contributed by atoms with van der Waals surface area (Å²) in [6, 6.07) is 51.4. The van der Waals surface area contributed by atoms with E-state index in [-0.39, 0.29) is 0 Å². The molecule has 2 nitrogen and oxygen atoms in total. The van der Waals surface area contributed by atoms with Crippen molar-refractivity contribution in [1.82, 2.24) is 0 Å². The minimum atomic E-state index is -0.428. The smallest absolute Gasteiger partial charge is 0.399 e. The van der Waals surface area contributed by atoms with Crippen LogP contribution in [-0.2, 0) is 14.7 Å². The van der Waals surface area contributed by atoms with Crippen LogP contribution in [0.1, 0.15) is 49.9 Å². The Labute approximate surface area is 280 Å². The molecule has 1 aromatic heterocycles. The molecule has 2 aliphatic rings. The van der Waals surface area contributed by atoms with Gasteiger partial charge in [-0.2, -0.15) is 0 Å². The van der Waals surface area contributed by atoms with Gasteiger partial charge in [0.15, 0.2) is 0 Å². The van der Waals surface area contributed by atoms with Gasteiger partial charge in [-0.05, 0) is 83.7 Å². The monoisotopic (exact) mass is 626 g/mol. The number of rotatable bonds is 4. The van der Waals surface area contributed by atoms with Gasteiger partial charge in [-0.3, -0.25) is 0 Å². The summed E-state index contributed by atoms with van der Waals surface area (Å²) in [5.41, 5.74) is 10.2. The number of thiophene rings is 1. The van der Waals surface area contributed by atoms with E-state index in [0.29, 0.717) is 0 Å². The molecule has 0 amide bonds. The molecule has 2 heterocycles. The molecule has 0 spiro atoms. The molecule has 1 fully saturated rings. The Morgan fingerprint density at radius 1 is 0.489 bits per heavy atom. The Hall–Kier alpha value is -4.48. The zero-order valence-corrected chi connectivity index (χ0v) is 27.9. The number of hydrogen-bond acceptors (Lipinski definition) is 3. The number of hydrogen-bond donors (Lipinski definition) is 0. The molecule has 7 aromatic rings. The highest BCUT2D eigenvalue weighted by Crippen LogP contribution is 2.57. The van der Waals surface area contributed by atoms with Crippen molar-refractivity contribution in [3.63, 3.8) is 0 Å². The SMILES string of the molecule is CC1(C)OB(c2cccc3c2sc2c(-c4ccc5c(c4)C(c4ccccc4)(c4ccccc4)c4ccccc4-5)cccc23)OC1(C)C. The molecule has 9 rings (SSSR count). The second-order valence-corrected chi connectivity index (χ2v) is 14.9. The van der Waals surface area contributed by atoms with E-state index in [4.69, 9.17) is 9.31 Å². The van der Waals surface area contributed by atoms with E-state index >= 15 is 0 Å². The second kappa shape index (κ2) is 10.3. The number of fused-ring (bicyclic) bond motifs is 6. The highest BCUT2D eigenvalue weighted by molar-refractivity contribution is 7.27. The third-order valence-corrected chi connectivity index (χ3v) is 12.1. The third-order valence-electron chi connectivity index (χ3n) is 10.8. The van der Waals surface area contributed by atoms with Crippen molar-refractivity contribution >= 4 is 44.1 Å². The summed E-state index contributed by atoms with van der Waals surface area (Å²) in [6.07, 6.45) is 0. The molecule has 0 saturated carbocycles. The molecular weight excluding hydrogens is 591 g/mol. The minimum absolute atomic E-state index is 0.395. The van der Waals surface area contributed by atoms with Crippen molar-refractivity contribution in [1.29, 1.82) is 0 Å². The highest BCUT2D eigenvalue weighted by atomic mass is 32.1. The summed E-state index contributed by atoms with van der Waals surface area (Å²) in [5, 5.41) is 2.51. The van der Waals surface area contributed by atoms with Crippen LogP contribution in [0.5, 0.6) is 0 Å². The molecule has 0 bridgehead atoms. The van der Waals surface area contributed by atoms with Crippen molar-refractivity contribution in [3.05, 3.63) is 162 Å². The van der Waals surface area contributed by atoms with Gasteiger partial charge >= 0.3 is 7.12 Å². The average Bonchev–Trinajstić information content (AvgIpc) is 3.69. The van der Waals surface area contributed by atoms with Gasteiger partial charge in [-0.1, -0.05) is 133 Å². The van der Waals surface area contributed by atoms with Gasteiger partial charge in [0, 0.05) is 20.2 Å². The maximum absolute atomic E-state index is 6.54. The van der Waals surface area contributed by atoms with Gasteiger partial charge in [0.25, 0.3) is 0 Å². The third kappa shape index (κ3) is 4.05. The van der Waals surface area contributed by atoms with Crippen molar-refractivity contribution in [3.8, 4) is 22.3 Å². The Balaban J connectivity index is 1.27. The largest absolute Gasteiger partial charge is 0.496 e. The highest BCUT2D eigenvalue weighted by Gasteiger charge is 2.52. The first kappa shape index (κ1) is 28.7. The van der Waals surface area contributed by atoms with Crippen molar-refractivity contribution in [2.75, 3.05) is 0 Å². The second-order valence-electron chi connectivity index (χ2n) is 13.9. The first-order valence-corrected chi connectivity index (χ1v) is 17.3. The summed E-state index contributed by atoms with van der Waals surface area (Å²) in [4.78, 5) is 0. The quantitative estimate of drug-likeness (QED) is 0.181. The molecule has 0 N–H and O–H groups in total. The minimum Gasteiger partial charge on any atom is -0.399 e. The summed E-state index contributed by atoms with van der Waals surface area (Å²) >= 11 is 1.85. The van der Waals surface area contributed by atoms with Gasteiger partial charge in [0.05, 0.1) is 16.6 Å². The summed E-state index contributed by atoms with van der Waals surface area (Å²) in [7, 11) is -0.406. The van der Waals surface area contributed by atoms with E-state index in [1.165, 1.54) is 64.7 Å².